The van der Waals surface area contributed by atoms with Gasteiger partial charge in [0.2, 0.25) is 0 Å². The number of halogens is 1. The normalized spacial score (nSPS) is 18.1. The third-order valence-corrected chi connectivity index (χ3v) is 7.59. The molecule has 0 spiro atoms. The molecule has 0 aliphatic carbocycles. The quantitative estimate of drug-likeness (QED) is 0.211. The van der Waals surface area contributed by atoms with Gasteiger partial charge < -0.3 is 15.4 Å². The van der Waals surface area contributed by atoms with Crippen molar-refractivity contribution in [2.75, 3.05) is 5.32 Å². The van der Waals surface area contributed by atoms with E-state index in [1.165, 1.54) is 25.1 Å². The van der Waals surface area contributed by atoms with Crippen LogP contribution < -0.4 is 5.32 Å². The van der Waals surface area contributed by atoms with Crippen LogP contribution in [0.4, 0.5) is 10.1 Å². The second kappa shape index (κ2) is 8.90. The first-order valence-electron chi connectivity index (χ1n) is 12.5. The Morgan fingerprint density at radius 1 is 1.05 bits per heavy atom. The fourth-order valence-electron chi connectivity index (χ4n) is 5.48. The molecule has 0 fully saturated rings. The first-order chi connectivity index (χ1) is 17.5. The molecule has 1 aliphatic rings. The van der Waals surface area contributed by atoms with Gasteiger partial charge in [-0.05, 0) is 75.6 Å². The van der Waals surface area contributed by atoms with Crippen molar-refractivity contribution in [3.63, 3.8) is 0 Å². The highest BCUT2D eigenvalue weighted by Gasteiger charge is 2.40. The van der Waals surface area contributed by atoms with Crippen molar-refractivity contribution in [1.82, 2.24) is 4.98 Å². The lowest BCUT2D eigenvalue weighted by atomic mass is 9.75. The Hall–Kier alpha value is -3.88. The fraction of sp³-hybridized carbons (Fsp3) is 0.281. The molecule has 1 aromatic heterocycles. The smallest absolute Gasteiger partial charge is 0.159 e. The minimum absolute atomic E-state index is 0.145. The summed E-state index contributed by atoms with van der Waals surface area (Å²) in [6, 6.07) is 12.5. The highest BCUT2D eigenvalue weighted by molar-refractivity contribution is 5.98. The molecule has 3 N–H and O–H groups in total. The molecule has 1 aliphatic heterocycles. The van der Waals surface area contributed by atoms with Gasteiger partial charge in [0.25, 0.3) is 0 Å². The van der Waals surface area contributed by atoms with Crippen LogP contribution in [0.15, 0.2) is 48.7 Å². The van der Waals surface area contributed by atoms with E-state index >= 15 is 0 Å². The molecule has 0 saturated carbocycles. The van der Waals surface area contributed by atoms with Gasteiger partial charge >= 0.3 is 0 Å². The van der Waals surface area contributed by atoms with E-state index in [-0.39, 0.29) is 17.3 Å². The van der Waals surface area contributed by atoms with E-state index in [1.54, 1.807) is 0 Å². The van der Waals surface area contributed by atoms with Crippen LogP contribution in [-0.4, -0.2) is 27.5 Å². The number of aryl methyl sites for hydroxylation is 2. The highest BCUT2D eigenvalue weighted by atomic mass is 19.1. The topological polar surface area (TPSA) is 65.1 Å². The summed E-state index contributed by atoms with van der Waals surface area (Å²) in [4.78, 5) is 15.3. The van der Waals surface area contributed by atoms with Gasteiger partial charge in [-0.25, -0.2) is 4.39 Å². The molecule has 4 aromatic rings. The summed E-state index contributed by atoms with van der Waals surface area (Å²) in [5, 5.41) is 15.9. The van der Waals surface area contributed by atoms with Crippen LogP contribution >= 0.6 is 0 Å². The predicted octanol–water partition coefficient (Wildman–Crippen LogP) is 6.86. The zero-order valence-corrected chi connectivity index (χ0v) is 22.0. The van der Waals surface area contributed by atoms with Gasteiger partial charge in [-0.15, -0.1) is 0 Å². The van der Waals surface area contributed by atoms with Crippen LogP contribution in [0, 0.1) is 31.5 Å². The Morgan fingerprint density at radius 3 is 2.54 bits per heavy atom. The number of carbonyl (C=O) groups excluding carboxylic acids is 1. The Kier molecular flexibility index (Phi) is 5.96. The number of anilines is 1. The lowest BCUT2D eigenvalue weighted by molar-refractivity contribution is 0.0868. The first-order valence-corrected chi connectivity index (χ1v) is 12.5. The van der Waals surface area contributed by atoms with Crippen molar-refractivity contribution in [3.8, 4) is 23.0 Å². The van der Waals surface area contributed by atoms with Crippen LogP contribution in [0.5, 0.6) is 0 Å². The number of hydrogen-bond donors (Lipinski definition) is 3. The zero-order chi connectivity index (χ0) is 26.6. The van der Waals surface area contributed by atoms with E-state index in [4.69, 9.17) is 0 Å². The second-order valence-corrected chi connectivity index (χ2v) is 10.7. The summed E-state index contributed by atoms with van der Waals surface area (Å²) >= 11 is 0. The number of H-pyrrole nitrogens is 1. The van der Waals surface area contributed by atoms with Crippen molar-refractivity contribution in [2.24, 2.45) is 0 Å². The summed E-state index contributed by atoms with van der Waals surface area (Å²) in [7, 11) is 0. The maximum atomic E-state index is 14.7. The Morgan fingerprint density at radius 2 is 1.81 bits per heavy atom. The van der Waals surface area contributed by atoms with Crippen molar-refractivity contribution in [2.45, 2.75) is 59.1 Å². The van der Waals surface area contributed by atoms with Crippen molar-refractivity contribution in [3.05, 3.63) is 87.9 Å². The van der Waals surface area contributed by atoms with Crippen LogP contribution in [0.2, 0.25) is 0 Å². The average Bonchev–Trinajstić information content (AvgIpc) is 3.24. The molecule has 0 saturated heterocycles. The van der Waals surface area contributed by atoms with Crippen molar-refractivity contribution < 1.29 is 14.3 Å². The zero-order valence-electron chi connectivity index (χ0n) is 22.0. The third-order valence-electron chi connectivity index (χ3n) is 7.59. The second-order valence-electron chi connectivity index (χ2n) is 10.7. The standard InChI is InChI=1S/C32H31FN2O2/c1-17-14-26(25-9-7-8-23-18(2)16-34-30(23)25)24(28-19(3)31(37)32(5,6)35-29(17)28)12-10-22-15-21(20(4)36)11-13-27(22)33/h7-9,11,13-16,19,31,34-35,37H,1-6H3/t19-,31?/m0/s1. The molecule has 1 unspecified atom stereocenters. The Bertz CT molecular complexity index is 1630. The number of carbonyl (C=O) groups is 1. The number of fused-ring (bicyclic) bond motifs is 2. The van der Waals surface area contributed by atoms with Crippen LogP contribution in [0.3, 0.4) is 0 Å². The number of Topliss-reactive ketones (excluding diaryl/α,β-unsaturated/α-hetero) is 1. The van der Waals surface area contributed by atoms with Gasteiger partial charge in [-0.1, -0.05) is 37.0 Å². The minimum atomic E-state index is -0.656. The lowest BCUT2D eigenvalue weighted by Gasteiger charge is -2.43. The van der Waals surface area contributed by atoms with E-state index in [2.05, 4.69) is 54.2 Å². The number of hydrogen-bond acceptors (Lipinski definition) is 3. The number of aliphatic hydroxyl groups excluding tert-OH is 1. The number of ketones is 1. The maximum absolute atomic E-state index is 14.7. The molecule has 0 bridgehead atoms. The van der Waals surface area contributed by atoms with Gasteiger partial charge in [0.05, 0.1) is 22.7 Å². The Balaban J connectivity index is 1.83. The monoisotopic (exact) mass is 494 g/mol. The first kappa shape index (κ1) is 24.8. The van der Waals surface area contributed by atoms with Gasteiger partial charge in [-0.2, -0.15) is 0 Å². The maximum Gasteiger partial charge on any atom is 0.159 e. The molecule has 2 atom stereocenters. The molecular formula is C32H31FN2O2. The van der Waals surface area contributed by atoms with Crippen molar-refractivity contribution in [1.29, 1.82) is 0 Å². The number of aromatic nitrogens is 1. The number of rotatable bonds is 2. The van der Waals surface area contributed by atoms with Gasteiger partial charge in [-0.3, -0.25) is 4.79 Å². The summed E-state index contributed by atoms with van der Waals surface area (Å²) in [5.74, 6) is 5.45. The van der Waals surface area contributed by atoms with E-state index in [0.29, 0.717) is 5.56 Å². The van der Waals surface area contributed by atoms with E-state index in [9.17, 15) is 14.3 Å². The van der Waals surface area contributed by atoms with E-state index in [1.807, 2.05) is 33.0 Å². The van der Waals surface area contributed by atoms with Crippen LogP contribution in [0.25, 0.3) is 22.0 Å². The third kappa shape index (κ3) is 4.12. The summed E-state index contributed by atoms with van der Waals surface area (Å²) in [5.41, 5.74) is 7.76. The molecule has 4 nitrogen and oxygen atoms in total. The predicted molar refractivity (Wildman–Crippen MR) is 148 cm³/mol. The number of nitrogens with one attached hydrogen (secondary N) is 2. The Labute approximate surface area is 216 Å². The van der Waals surface area contributed by atoms with E-state index < -0.39 is 17.5 Å². The number of para-hydroxylation sites is 1. The van der Waals surface area contributed by atoms with Gasteiger partial charge in [0, 0.05) is 45.4 Å². The van der Waals surface area contributed by atoms with E-state index in [0.717, 1.165) is 50.0 Å². The number of aromatic amines is 1. The molecule has 0 radical (unpaired) electrons. The number of benzene rings is 3. The molecule has 37 heavy (non-hydrogen) atoms. The minimum Gasteiger partial charge on any atom is -0.390 e. The highest BCUT2D eigenvalue weighted by Crippen LogP contribution is 2.46. The largest absolute Gasteiger partial charge is 0.390 e. The number of aliphatic hydroxyl groups is 1. The molecule has 3 aromatic carbocycles. The van der Waals surface area contributed by atoms with Crippen molar-refractivity contribution >= 4 is 22.4 Å². The average molecular weight is 495 g/mol. The molecule has 5 rings (SSSR count). The summed E-state index contributed by atoms with van der Waals surface area (Å²) < 4.78 is 14.7. The SMILES string of the molecule is CC(=O)c1ccc(F)c(C#Cc2c(-c3cccc4c(C)c[nH]c34)cc(C)c3c2[C@H](C)C(O)C(C)(C)N3)c1. The molecule has 188 valence electrons. The molecule has 5 heteroatoms. The fourth-order valence-corrected chi connectivity index (χ4v) is 5.48. The van der Waals surface area contributed by atoms with Crippen LogP contribution in [-0.2, 0) is 0 Å². The molecular weight excluding hydrogens is 463 g/mol. The summed E-state index contributed by atoms with van der Waals surface area (Å²) in [6.45, 7) is 11.6. The lowest BCUT2D eigenvalue weighted by Crippen LogP contribution is -2.50. The molecule has 0 amide bonds. The van der Waals surface area contributed by atoms with Crippen LogP contribution in [0.1, 0.15) is 71.8 Å². The van der Waals surface area contributed by atoms with Gasteiger partial charge in [0.1, 0.15) is 5.82 Å². The summed E-state index contributed by atoms with van der Waals surface area (Å²) in [6.07, 6.45) is 1.33. The molecule has 2 heterocycles. The van der Waals surface area contributed by atoms with Gasteiger partial charge in [0.15, 0.2) is 5.78 Å².